The van der Waals surface area contributed by atoms with Gasteiger partial charge in [0.05, 0.1) is 10.9 Å². The van der Waals surface area contributed by atoms with Crippen molar-refractivity contribution in [1.29, 1.82) is 0 Å². The Morgan fingerprint density at radius 2 is 0.612 bits per heavy atom. The van der Waals surface area contributed by atoms with Crippen molar-refractivity contribution in [3.05, 3.63) is 206 Å². The van der Waals surface area contributed by atoms with Crippen LogP contribution in [0.2, 0.25) is 0 Å². The second-order valence-electron chi connectivity index (χ2n) is 13.1. The molecule has 49 heavy (non-hydrogen) atoms. The Bertz CT molecular complexity index is 1770. The van der Waals surface area contributed by atoms with Crippen LogP contribution in [0.3, 0.4) is 0 Å². The van der Waals surface area contributed by atoms with Gasteiger partial charge in [-0.1, -0.05) is 158 Å². The molecule has 0 radical (unpaired) electrons. The highest BCUT2D eigenvalue weighted by Crippen LogP contribution is 2.32. The van der Waals surface area contributed by atoms with Crippen molar-refractivity contribution in [2.45, 2.75) is 41.1 Å². The maximum absolute atomic E-state index is 5.95. The van der Waals surface area contributed by atoms with E-state index in [0.717, 1.165) is 5.75 Å². The minimum absolute atomic E-state index is 0.102. The number of hydrogen-bond donors (Lipinski definition) is 0. The number of ether oxygens (including phenoxy) is 1. The standard InChI is InChI=1S/C24H20B.C22H23OS/c1-5-13-21(14-6-1)25(22-15-7-2-8-16-22,23-17-9-3-10-18-23)24-19-11-4-12-20-24;1-22(2,3)23-18-14-16-21(17-15-18)24(19-10-6-4-7-11-19)20-12-8-5-9-13-20/h1-20H;4-17H,1-3H3/q-1;+1. The maximum Gasteiger partial charge on any atom is 0.166 e. The smallest absolute Gasteiger partial charge is 0.166 e. The van der Waals surface area contributed by atoms with Crippen LogP contribution in [0.25, 0.3) is 0 Å². The number of hydrogen-bond acceptors (Lipinski definition) is 1. The highest BCUT2D eigenvalue weighted by molar-refractivity contribution is 7.97. The molecule has 3 heteroatoms. The number of benzene rings is 7. The first-order valence-corrected chi connectivity index (χ1v) is 18.2. The Morgan fingerprint density at radius 1 is 0.347 bits per heavy atom. The summed E-state index contributed by atoms with van der Waals surface area (Å²) < 4.78 is 5.95. The van der Waals surface area contributed by atoms with Crippen molar-refractivity contribution in [2.24, 2.45) is 0 Å². The first-order valence-electron chi connectivity index (χ1n) is 17.0. The van der Waals surface area contributed by atoms with Gasteiger partial charge >= 0.3 is 0 Å². The fourth-order valence-electron chi connectivity index (χ4n) is 6.64. The van der Waals surface area contributed by atoms with Gasteiger partial charge in [0.1, 0.15) is 17.5 Å². The Hall–Kier alpha value is -5.25. The summed E-state index contributed by atoms with van der Waals surface area (Å²) in [5.74, 6) is 0.913. The van der Waals surface area contributed by atoms with Crippen LogP contribution >= 0.6 is 0 Å². The molecule has 0 unspecified atom stereocenters. The zero-order valence-corrected chi connectivity index (χ0v) is 29.3. The molecule has 0 aliphatic carbocycles. The molecule has 0 N–H and O–H groups in total. The molecule has 0 aliphatic rings. The van der Waals surface area contributed by atoms with Crippen molar-refractivity contribution in [2.75, 3.05) is 0 Å². The Kier molecular flexibility index (Phi) is 10.8. The van der Waals surface area contributed by atoms with Crippen molar-refractivity contribution < 1.29 is 4.74 Å². The van der Waals surface area contributed by atoms with E-state index in [0.29, 0.717) is 0 Å². The molecule has 0 amide bonds. The minimum atomic E-state index is -1.22. The van der Waals surface area contributed by atoms with Gasteiger partial charge in [-0.2, -0.15) is 21.9 Å². The van der Waals surface area contributed by atoms with Gasteiger partial charge in [0.25, 0.3) is 0 Å². The van der Waals surface area contributed by atoms with E-state index < -0.39 is 6.15 Å². The summed E-state index contributed by atoms with van der Waals surface area (Å²) in [6.45, 7) is 6.21. The average molecular weight is 655 g/mol. The molecule has 0 atom stereocenters. The molecular formula is C46H43BOS. The molecule has 0 aromatic heterocycles. The van der Waals surface area contributed by atoms with Crippen LogP contribution in [0.15, 0.2) is 221 Å². The molecule has 0 saturated carbocycles. The minimum Gasteiger partial charge on any atom is -0.488 e. The second-order valence-corrected chi connectivity index (χ2v) is 15.2. The van der Waals surface area contributed by atoms with E-state index in [9.17, 15) is 0 Å². The topological polar surface area (TPSA) is 9.23 Å². The monoisotopic (exact) mass is 654 g/mol. The molecule has 0 bridgehead atoms. The van der Waals surface area contributed by atoms with Gasteiger partial charge in [0.15, 0.2) is 14.7 Å². The van der Waals surface area contributed by atoms with Gasteiger partial charge in [-0.3, -0.25) is 0 Å². The Labute approximate surface area is 295 Å². The molecule has 7 aromatic rings. The van der Waals surface area contributed by atoms with E-state index in [1.54, 1.807) is 0 Å². The third-order valence-electron chi connectivity index (χ3n) is 8.64. The van der Waals surface area contributed by atoms with Gasteiger partial charge in [0, 0.05) is 0 Å². The molecule has 7 rings (SSSR count). The van der Waals surface area contributed by atoms with E-state index in [2.05, 4.69) is 227 Å². The average Bonchev–Trinajstić information content (AvgIpc) is 3.15. The molecule has 0 spiro atoms. The van der Waals surface area contributed by atoms with E-state index >= 15 is 0 Å². The predicted octanol–water partition coefficient (Wildman–Crippen LogP) is 9.02. The molecule has 1 nitrogen and oxygen atoms in total. The quantitative estimate of drug-likeness (QED) is 0.117. The zero-order valence-electron chi connectivity index (χ0n) is 28.5. The lowest BCUT2D eigenvalue weighted by Crippen LogP contribution is -2.74. The van der Waals surface area contributed by atoms with Crippen molar-refractivity contribution in [3.8, 4) is 5.75 Å². The number of rotatable bonds is 8. The van der Waals surface area contributed by atoms with Gasteiger partial charge in [-0.15, -0.1) is 0 Å². The van der Waals surface area contributed by atoms with Crippen molar-refractivity contribution in [3.63, 3.8) is 0 Å². The fourth-order valence-corrected chi connectivity index (χ4v) is 8.72. The van der Waals surface area contributed by atoms with Gasteiger partial charge < -0.3 is 4.74 Å². The Morgan fingerprint density at radius 3 is 0.898 bits per heavy atom. The summed E-state index contributed by atoms with van der Waals surface area (Å²) >= 11 is 0. The zero-order chi connectivity index (χ0) is 33.9. The molecule has 0 aliphatic heterocycles. The summed E-state index contributed by atoms with van der Waals surface area (Å²) in [5, 5.41) is 0. The van der Waals surface area contributed by atoms with Crippen LogP contribution in [-0.2, 0) is 10.9 Å². The van der Waals surface area contributed by atoms with E-state index in [-0.39, 0.29) is 16.5 Å². The Balaban J connectivity index is 0.000000170. The van der Waals surface area contributed by atoms with Crippen LogP contribution in [0.1, 0.15) is 20.8 Å². The normalized spacial score (nSPS) is 11.3. The molecule has 0 fully saturated rings. The van der Waals surface area contributed by atoms with Crippen LogP contribution in [0.5, 0.6) is 5.75 Å². The van der Waals surface area contributed by atoms with Crippen LogP contribution in [0, 0.1) is 0 Å². The van der Waals surface area contributed by atoms with E-state index in [4.69, 9.17) is 4.74 Å². The van der Waals surface area contributed by atoms with Crippen molar-refractivity contribution >= 4 is 38.9 Å². The third-order valence-corrected chi connectivity index (χ3v) is 10.9. The second kappa shape index (κ2) is 15.8. The lowest BCUT2D eigenvalue weighted by atomic mass is 9.13. The first-order chi connectivity index (χ1) is 23.9. The highest BCUT2D eigenvalue weighted by atomic mass is 32.2. The molecule has 242 valence electrons. The molecular weight excluding hydrogens is 611 g/mol. The third kappa shape index (κ3) is 8.08. The van der Waals surface area contributed by atoms with Crippen LogP contribution in [0.4, 0.5) is 0 Å². The SMILES string of the molecule is CC(C)(C)Oc1ccc([S+](c2ccccc2)c2ccccc2)cc1.c1ccc([B-](c2ccccc2)(c2ccccc2)c2ccccc2)cc1. The lowest BCUT2D eigenvalue weighted by molar-refractivity contribution is 0.131. The summed E-state index contributed by atoms with van der Waals surface area (Å²) in [6, 6.07) is 73.4. The van der Waals surface area contributed by atoms with Crippen molar-refractivity contribution in [1.82, 2.24) is 0 Å². The van der Waals surface area contributed by atoms with Crippen LogP contribution < -0.4 is 26.6 Å². The summed E-state index contributed by atoms with van der Waals surface area (Å²) in [6.07, 6.45) is -1.22. The predicted molar refractivity (Wildman–Crippen MR) is 212 cm³/mol. The lowest BCUT2D eigenvalue weighted by Gasteiger charge is -2.44. The summed E-state index contributed by atoms with van der Waals surface area (Å²) in [4.78, 5) is 3.95. The largest absolute Gasteiger partial charge is 0.488 e. The maximum atomic E-state index is 5.95. The van der Waals surface area contributed by atoms with Gasteiger partial charge in [-0.05, 0) is 69.3 Å². The molecule has 0 heterocycles. The van der Waals surface area contributed by atoms with Gasteiger partial charge in [-0.25, -0.2) is 0 Å². The molecule has 7 aromatic carbocycles. The summed E-state index contributed by atoms with van der Waals surface area (Å²) in [7, 11) is -0.102. The highest BCUT2D eigenvalue weighted by Gasteiger charge is 2.31. The molecule has 0 saturated heterocycles. The summed E-state index contributed by atoms with van der Waals surface area (Å²) in [5.41, 5.74) is 5.18. The van der Waals surface area contributed by atoms with Crippen LogP contribution in [-0.4, -0.2) is 11.7 Å². The fraction of sp³-hybridized carbons (Fsp3) is 0.0870. The van der Waals surface area contributed by atoms with E-state index in [1.807, 2.05) is 0 Å². The van der Waals surface area contributed by atoms with Gasteiger partial charge in [0.2, 0.25) is 0 Å². The van der Waals surface area contributed by atoms with E-state index in [1.165, 1.54) is 36.5 Å². The first kappa shape index (κ1) is 33.6.